The first kappa shape index (κ1) is 21.7. The molecule has 1 N–H and O–H groups in total. The zero-order valence-corrected chi connectivity index (χ0v) is 19.1. The first-order valence-electron chi connectivity index (χ1n) is 10.6. The predicted octanol–water partition coefficient (Wildman–Crippen LogP) is 4.42. The van der Waals surface area contributed by atoms with Crippen LogP contribution in [0.3, 0.4) is 0 Å². The van der Waals surface area contributed by atoms with E-state index in [4.69, 9.17) is 16.3 Å². The molecule has 0 spiro atoms. The van der Waals surface area contributed by atoms with Crippen molar-refractivity contribution in [2.24, 2.45) is 0 Å². The van der Waals surface area contributed by atoms with Gasteiger partial charge in [0.2, 0.25) is 5.91 Å². The smallest absolute Gasteiger partial charge is 0.251 e. The molecule has 1 aromatic heterocycles. The topological polar surface area (TPSA) is 85.2 Å². The minimum Gasteiger partial charge on any atom is -0.497 e. The van der Waals surface area contributed by atoms with Crippen LogP contribution >= 0.6 is 11.6 Å². The minimum absolute atomic E-state index is 0.00749. The van der Waals surface area contributed by atoms with Crippen molar-refractivity contribution in [2.45, 2.75) is 6.04 Å². The molecule has 0 aliphatic carbocycles. The molecule has 0 fully saturated rings. The average Bonchev–Trinajstić information content (AvgIpc) is 3.36. The molecule has 1 aliphatic heterocycles. The number of rotatable bonds is 6. The zero-order valence-electron chi connectivity index (χ0n) is 18.3. The second-order valence-electron chi connectivity index (χ2n) is 7.70. The lowest BCUT2D eigenvalue weighted by Crippen LogP contribution is -2.37. The van der Waals surface area contributed by atoms with Crippen LogP contribution in [0.15, 0.2) is 84.9 Å². The van der Waals surface area contributed by atoms with Crippen molar-refractivity contribution in [3.05, 3.63) is 101 Å². The van der Waals surface area contributed by atoms with Crippen molar-refractivity contribution in [1.82, 2.24) is 20.2 Å². The number of carbonyl (C=O) groups excluding carboxylic acids is 1. The van der Waals surface area contributed by atoms with E-state index in [9.17, 15) is 4.79 Å². The van der Waals surface area contributed by atoms with E-state index in [1.807, 2.05) is 72.8 Å². The molecule has 0 saturated carbocycles. The van der Waals surface area contributed by atoms with Gasteiger partial charge in [-0.05, 0) is 51.9 Å². The maximum Gasteiger partial charge on any atom is 0.251 e. The van der Waals surface area contributed by atoms with Gasteiger partial charge in [-0.25, -0.2) is 0 Å². The fraction of sp³-hybridized carbons (Fsp3) is 0.120. The highest BCUT2D eigenvalue weighted by molar-refractivity contribution is 6.30. The molecule has 4 aromatic rings. The molecule has 0 saturated heterocycles. The Morgan fingerprint density at radius 1 is 1.06 bits per heavy atom. The van der Waals surface area contributed by atoms with Gasteiger partial charge in [0.05, 0.1) is 12.8 Å². The number of allylic oxidation sites excluding steroid dienone is 1. The normalized spacial score (nSPS) is 14.8. The fourth-order valence-electron chi connectivity index (χ4n) is 3.93. The molecule has 2 heterocycles. The van der Waals surface area contributed by atoms with Gasteiger partial charge in [0.25, 0.3) is 5.95 Å². The highest BCUT2D eigenvalue weighted by atomic mass is 35.5. The maximum atomic E-state index is 13.1. The number of aromatic nitrogens is 4. The summed E-state index contributed by atoms with van der Waals surface area (Å²) in [6.07, 6.45) is 2.06. The number of fused-ring (bicyclic) bond motifs is 1. The zero-order chi connectivity index (χ0) is 23.5. The second kappa shape index (κ2) is 9.36. The summed E-state index contributed by atoms with van der Waals surface area (Å²) in [6.45, 7) is 0.00749. The van der Waals surface area contributed by atoms with E-state index in [1.54, 1.807) is 22.8 Å². The predicted molar refractivity (Wildman–Crippen MR) is 131 cm³/mol. The Kier molecular flexibility index (Phi) is 5.97. The number of hydrogen-bond donors (Lipinski definition) is 1. The number of nitrogens with zero attached hydrogens (tertiary/aromatic N) is 5. The van der Waals surface area contributed by atoms with Gasteiger partial charge in [0.15, 0.2) is 0 Å². The Morgan fingerprint density at radius 3 is 2.62 bits per heavy atom. The summed E-state index contributed by atoms with van der Waals surface area (Å²) in [5, 5.41) is 15.9. The summed E-state index contributed by atoms with van der Waals surface area (Å²) in [4.78, 5) is 14.9. The molecule has 34 heavy (non-hydrogen) atoms. The van der Waals surface area contributed by atoms with E-state index in [1.165, 1.54) is 0 Å². The van der Waals surface area contributed by atoms with Crippen molar-refractivity contribution in [3.8, 4) is 5.75 Å². The highest BCUT2D eigenvalue weighted by Gasteiger charge is 2.31. The Morgan fingerprint density at radius 2 is 1.85 bits per heavy atom. The molecular weight excluding hydrogens is 452 g/mol. The monoisotopic (exact) mass is 472 g/mol. The number of hydrogen-bond acceptors (Lipinski definition) is 6. The van der Waals surface area contributed by atoms with Crippen molar-refractivity contribution < 1.29 is 9.53 Å². The molecule has 170 valence electrons. The third kappa shape index (κ3) is 4.35. The number of methoxy groups -OCH3 is 1. The van der Waals surface area contributed by atoms with E-state index in [-0.39, 0.29) is 18.5 Å². The van der Waals surface area contributed by atoms with Crippen molar-refractivity contribution >= 4 is 34.8 Å². The minimum atomic E-state index is -0.227. The summed E-state index contributed by atoms with van der Waals surface area (Å²) >= 11 is 6.13. The van der Waals surface area contributed by atoms with Crippen LogP contribution in [-0.2, 0) is 4.79 Å². The largest absolute Gasteiger partial charge is 0.497 e. The molecule has 5 rings (SSSR count). The molecular formula is C25H21ClN6O2. The molecule has 9 heteroatoms. The third-order valence-corrected chi connectivity index (χ3v) is 5.78. The van der Waals surface area contributed by atoms with Crippen molar-refractivity contribution in [1.29, 1.82) is 0 Å². The van der Waals surface area contributed by atoms with Crippen LogP contribution in [0.25, 0.3) is 5.70 Å². The average molecular weight is 473 g/mol. The molecule has 0 bridgehead atoms. The van der Waals surface area contributed by atoms with Crippen molar-refractivity contribution in [3.63, 3.8) is 0 Å². The van der Waals surface area contributed by atoms with Gasteiger partial charge in [-0.3, -0.25) is 9.69 Å². The first-order valence-corrected chi connectivity index (χ1v) is 11.0. The number of ether oxygens (including phenoxy) is 1. The quantitative estimate of drug-likeness (QED) is 0.447. The summed E-state index contributed by atoms with van der Waals surface area (Å²) in [7, 11) is 1.58. The Labute approximate surface area is 201 Å². The Hall–Kier alpha value is -4.17. The van der Waals surface area contributed by atoms with Gasteiger partial charge in [-0.15, -0.1) is 0 Å². The Balaban J connectivity index is 1.51. The van der Waals surface area contributed by atoms with Gasteiger partial charge >= 0.3 is 0 Å². The lowest BCUT2D eigenvalue weighted by Gasteiger charge is -2.32. The van der Waals surface area contributed by atoms with Crippen molar-refractivity contribution in [2.75, 3.05) is 23.9 Å². The number of amides is 1. The first-order chi connectivity index (χ1) is 16.6. The summed E-state index contributed by atoms with van der Waals surface area (Å²) < 4.78 is 6.97. The third-order valence-electron chi connectivity index (χ3n) is 5.52. The van der Waals surface area contributed by atoms with Crippen LogP contribution < -0.4 is 15.0 Å². The molecule has 1 atom stereocenters. The lowest BCUT2D eigenvalue weighted by molar-refractivity contribution is -0.114. The molecule has 8 nitrogen and oxygen atoms in total. The SMILES string of the molecule is COc1cccc(NC(=O)CN2C(c3ccc(Cl)cc3)=C[C@H](c3ccccc3)n3nnnc32)c1. The number of tetrazole rings is 1. The second-order valence-corrected chi connectivity index (χ2v) is 8.14. The van der Waals surface area contributed by atoms with Crippen LogP contribution in [0.5, 0.6) is 5.75 Å². The van der Waals surface area contributed by atoms with Gasteiger partial charge < -0.3 is 10.1 Å². The van der Waals surface area contributed by atoms with Crippen LogP contribution in [-0.4, -0.2) is 39.8 Å². The number of benzene rings is 3. The molecule has 0 unspecified atom stereocenters. The Bertz CT molecular complexity index is 1340. The summed E-state index contributed by atoms with van der Waals surface area (Å²) in [5.41, 5.74) is 3.38. The number of halogens is 1. The lowest BCUT2D eigenvalue weighted by atomic mass is 10.0. The summed E-state index contributed by atoms with van der Waals surface area (Å²) in [5.74, 6) is 0.912. The fourth-order valence-corrected chi connectivity index (χ4v) is 4.05. The van der Waals surface area contributed by atoms with Crippen LogP contribution in [0, 0.1) is 0 Å². The molecule has 3 aromatic carbocycles. The van der Waals surface area contributed by atoms with Gasteiger partial charge in [0.1, 0.15) is 18.3 Å². The molecule has 1 amide bonds. The maximum absolute atomic E-state index is 13.1. The van der Waals surface area contributed by atoms with Crippen LogP contribution in [0.1, 0.15) is 17.2 Å². The van der Waals surface area contributed by atoms with Crippen LogP contribution in [0.4, 0.5) is 11.6 Å². The molecule has 0 radical (unpaired) electrons. The van der Waals surface area contributed by atoms with E-state index >= 15 is 0 Å². The van der Waals surface area contributed by atoms with Gasteiger partial charge in [-0.1, -0.05) is 65.2 Å². The van der Waals surface area contributed by atoms with E-state index in [0.717, 1.165) is 16.8 Å². The summed E-state index contributed by atoms with van der Waals surface area (Å²) in [6, 6.07) is 24.4. The standard InChI is InChI=1S/C25H21ClN6O2/c1-34-21-9-5-8-20(14-21)27-24(33)16-31-22(18-10-12-19(26)13-11-18)15-23(17-6-3-2-4-7-17)32-25(31)28-29-30-32/h2-15,23H,16H2,1H3,(H,27,33)/t23-/m1/s1. The molecule has 1 aliphatic rings. The van der Waals surface area contributed by atoms with Crippen LogP contribution in [0.2, 0.25) is 5.02 Å². The number of carbonyl (C=O) groups is 1. The van der Waals surface area contributed by atoms with E-state index in [2.05, 4.69) is 26.9 Å². The number of nitrogens with one attached hydrogen (secondary N) is 1. The highest BCUT2D eigenvalue weighted by Crippen LogP contribution is 2.36. The van der Waals surface area contributed by atoms with Gasteiger partial charge in [0, 0.05) is 16.8 Å². The van der Waals surface area contributed by atoms with E-state index in [0.29, 0.717) is 22.4 Å². The number of anilines is 2. The van der Waals surface area contributed by atoms with E-state index < -0.39 is 0 Å². The van der Waals surface area contributed by atoms with Gasteiger partial charge in [-0.2, -0.15) is 4.68 Å².